The van der Waals surface area contributed by atoms with Crippen molar-refractivity contribution in [1.82, 2.24) is 10.6 Å². The van der Waals surface area contributed by atoms with Crippen LogP contribution in [0.3, 0.4) is 0 Å². The number of amides is 2. The quantitative estimate of drug-likeness (QED) is 0.722. The van der Waals surface area contributed by atoms with Gasteiger partial charge >= 0.3 is 0 Å². The fraction of sp³-hybridized carbons (Fsp3) is 0.300. The normalized spacial score (nSPS) is 11.5. The number of hydrogen-bond acceptors (Lipinski definition) is 4. The molecule has 2 amide bonds. The van der Waals surface area contributed by atoms with Gasteiger partial charge in [-0.15, -0.1) is 0 Å². The lowest BCUT2D eigenvalue weighted by molar-refractivity contribution is -0.124. The Morgan fingerprint density at radius 1 is 1.04 bits per heavy atom. The Balaban J connectivity index is 1.92. The Bertz CT molecular complexity index is 719. The monoisotopic (exact) mass is 356 g/mol. The minimum Gasteiger partial charge on any atom is -0.483 e. The van der Waals surface area contributed by atoms with Crippen LogP contribution in [-0.2, 0) is 16.1 Å². The summed E-state index contributed by atoms with van der Waals surface area (Å²) in [5, 5.41) is 5.61. The van der Waals surface area contributed by atoms with Crippen LogP contribution in [0.4, 0.5) is 0 Å². The summed E-state index contributed by atoms with van der Waals surface area (Å²) in [6, 6.07) is 16.4. The summed E-state index contributed by atoms with van der Waals surface area (Å²) in [4.78, 5) is 24.3. The van der Waals surface area contributed by atoms with E-state index in [-0.39, 0.29) is 24.5 Å². The van der Waals surface area contributed by atoms with E-state index in [0.29, 0.717) is 24.5 Å². The summed E-state index contributed by atoms with van der Waals surface area (Å²) in [5.41, 5.74) is 1.40. The zero-order valence-electron chi connectivity index (χ0n) is 15.0. The molecule has 0 aromatic heterocycles. The molecule has 0 radical (unpaired) electrons. The summed E-state index contributed by atoms with van der Waals surface area (Å²) in [6.07, 6.45) is 0. The van der Waals surface area contributed by atoms with E-state index in [1.54, 1.807) is 31.4 Å². The molecule has 2 aromatic rings. The molecule has 0 saturated heterocycles. The predicted octanol–water partition coefficient (Wildman–Crippen LogP) is 2.15. The maximum atomic E-state index is 12.4. The van der Waals surface area contributed by atoms with Crippen LogP contribution in [-0.4, -0.2) is 38.2 Å². The van der Waals surface area contributed by atoms with E-state index in [4.69, 9.17) is 9.47 Å². The Morgan fingerprint density at radius 2 is 1.73 bits per heavy atom. The second kappa shape index (κ2) is 10.2. The maximum absolute atomic E-state index is 12.4. The number of carbonyl (C=O) groups is 2. The van der Waals surface area contributed by atoms with Gasteiger partial charge < -0.3 is 20.1 Å². The average Bonchev–Trinajstić information content (AvgIpc) is 2.65. The van der Waals surface area contributed by atoms with Gasteiger partial charge in [-0.05, 0) is 24.6 Å². The molecule has 0 aliphatic rings. The fourth-order valence-corrected chi connectivity index (χ4v) is 2.40. The van der Waals surface area contributed by atoms with E-state index < -0.39 is 0 Å². The number of nitrogens with one attached hydrogen (secondary N) is 2. The minimum absolute atomic E-state index is 0.111. The van der Waals surface area contributed by atoms with Gasteiger partial charge in [0, 0.05) is 19.7 Å². The van der Waals surface area contributed by atoms with Gasteiger partial charge in [0.05, 0.1) is 12.2 Å². The third kappa shape index (κ3) is 6.22. The zero-order valence-corrected chi connectivity index (χ0v) is 15.0. The van der Waals surface area contributed by atoms with E-state index in [2.05, 4.69) is 10.6 Å². The second-order valence-electron chi connectivity index (χ2n) is 5.88. The largest absolute Gasteiger partial charge is 0.483 e. The lowest BCUT2D eigenvalue weighted by atomic mass is 10.1. The molecule has 6 heteroatoms. The van der Waals surface area contributed by atoms with Crippen molar-refractivity contribution in [2.45, 2.75) is 19.5 Å². The number of hydrogen-bond donors (Lipinski definition) is 2. The van der Waals surface area contributed by atoms with E-state index in [1.165, 1.54) is 0 Å². The van der Waals surface area contributed by atoms with Crippen LogP contribution in [0.25, 0.3) is 0 Å². The number of methoxy groups -OCH3 is 1. The molecule has 0 heterocycles. The first-order valence-electron chi connectivity index (χ1n) is 8.42. The first-order chi connectivity index (χ1) is 12.6. The van der Waals surface area contributed by atoms with Crippen molar-refractivity contribution in [3.05, 3.63) is 65.7 Å². The highest BCUT2D eigenvalue weighted by atomic mass is 16.5. The summed E-state index contributed by atoms with van der Waals surface area (Å²) in [7, 11) is 1.57. The van der Waals surface area contributed by atoms with Crippen molar-refractivity contribution in [1.29, 1.82) is 0 Å². The molecule has 2 rings (SSSR count). The second-order valence-corrected chi connectivity index (χ2v) is 5.88. The third-order valence-electron chi connectivity index (χ3n) is 3.61. The highest BCUT2D eigenvalue weighted by molar-refractivity contribution is 5.97. The molecule has 138 valence electrons. The van der Waals surface area contributed by atoms with E-state index in [0.717, 1.165) is 5.56 Å². The van der Waals surface area contributed by atoms with Gasteiger partial charge in [0.2, 0.25) is 0 Å². The Morgan fingerprint density at radius 3 is 2.46 bits per heavy atom. The van der Waals surface area contributed by atoms with Gasteiger partial charge in [-0.2, -0.15) is 0 Å². The zero-order chi connectivity index (χ0) is 18.8. The molecule has 1 atom stereocenters. The highest BCUT2D eigenvalue weighted by Crippen LogP contribution is 2.18. The van der Waals surface area contributed by atoms with Crippen molar-refractivity contribution in [2.75, 3.05) is 20.3 Å². The van der Waals surface area contributed by atoms with Gasteiger partial charge in [0.25, 0.3) is 11.8 Å². The summed E-state index contributed by atoms with van der Waals surface area (Å²) in [5.74, 6) is -0.153. The lowest BCUT2D eigenvalue weighted by Crippen LogP contribution is -2.38. The molecule has 26 heavy (non-hydrogen) atoms. The van der Waals surface area contributed by atoms with Gasteiger partial charge in [0.15, 0.2) is 6.61 Å². The molecule has 2 N–H and O–H groups in total. The SMILES string of the molecule is COC[C@@H](C)NC(=O)COc1ccccc1C(=O)NCc1ccccc1. The number of para-hydroxylation sites is 1. The summed E-state index contributed by atoms with van der Waals surface area (Å²) >= 11 is 0. The Hall–Kier alpha value is -2.86. The third-order valence-corrected chi connectivity index (χ3v) is 3.61. The standard InChI is InChI=1S/C20H24N2O4/c1-15(13-25-2)22-19(23)14-26-18-11-7-6-10-17(18)20(24)21-12-16-8-4-3-5-9-16/h3-11,15H,12-14H2,1-2H3,(H,21,24)(H,22,23)/t15-/m1/s1. The van der Waals surface area contributed by atoms with Crippen molar-refractivity contribution >= 4 is 11.8 Å². The van der Waals surface area contributed by atoms with Crippen LogP contribution >= 0.6 is 0 Å². The smallest absolute Gasteiger partial charge is 0.258 e. The molecule has 0 aliphatic carbocycles. The van der Waals surface area contributed by atoms with E-state index in [1.807, 2.05) is 37.3 Å². The van der Waals surface area contributed by atoms with Crippen molar-refractivity contribution in [3.8, 4) is 5.75 Å². The molecule has 0 spiro atoms. The summed E-state index contributed by atoms with van der Waals surface area (Å²) < 4.78 is 10.5. The van der Waals surface area contributed by atoms with E-state index in [9.17, 15) is 9.59 Å². The minimum atomic E-state index is -0.269. The van der Waals surface area contributed by atoms with Crippen LogP contribution in [0.2, 0.25) is 0 Å². The molecule has 2 aromatic carbocycles. The first kappa shape index (κ1) is 19.5. The molecular formula is C20H24N2O4. The average molecular weight is 356 g/mol. The highest BCUT2D eigenvalue weighted by Gasteiger charge is 2.14. The number of carbonyl (C=O) groups excluding carboxylic acids is 2. The molecule has 6 nitrogen and oxygen atoms in total. The molecule has 0 bridgehead atoms. The Kier molecular flexibility index (Phi) is 7.64. The molecule has 0 aliphatic heterocycles. The van der Waals surface area contributed by atoms with Crippen molar-refractivity contribution < 1.29 is 19.1 Å². The van der Waals surface area contributed by atoms with Crippen LogP contribution in [0.15, 0.2) is 54.6 Å². The molecular weight excluding hydrogens is 332 g/mol. The van der Waals surface area contributed by atoms with Gasteiger partial charge in [-0.3, -0.25) is 9.59 Å². The lowest BCUT2D eigenvalue weighted by Gasteiger charge is -2.14. The number of ether oxygens (including phenoxy) is 2. The fourth-order valence-electron chi connectivity index (χ4n) is 2.40. The number of rotatable bonds is 9. The molecule has 0 unspecified atom stereocenters. The van der Waals surface area contributed by atoms with Gasteiger partial charge in [-0.25, -0.2) is 0 Å². The van der Waals surface area contributed by atoms with Crippen LogP contribution < -0.4 is 15.4 Å². The van der Waals surface area contributed by atoms with Crippen molar-refractivity contribution in [3.63, 3.8) is 0 Å². The maximum Gasteiger partial charge on any atom is 0.258 e. The van der Waals surface area contributed by atoms with Crippen molar-refractivity contribution in [2.24, 2.45) is 0 Å². The van der Waals surface area contributed by atoms with Crippen LogP contribution in [0, 0.1) is 0 Å². The molecule has 0 fully saturated rings. The molecule has 0 saturated carbocycles. The van der Waals surface area contributed by atoms with Crippen LogP contribution in [0.5, 0.6) is 5.75 Å². The van der Waals surface area contributed by atoms with Gasteiger partial charge in [0.1, 0.15) is 5.75 Å². The van der Waals surface area contributed by atoms with E-state index >= 15 is 0 Å². The predicted molar refractivity (Wildman–Crippen MR) is 99.0 cm³/mol. The topological polar surface area (TPSA) is 76.7 Å². The Labute approximate surface area is 153 Å². The number of benzene rings is 2. The first-order valence-corrected chi connectivity index (χ1v) is 8.42. The van der Waals surface area contributed by atoms with Crippen LogP contribution in [0.1, 0.15) is 22.8 Å². The van der Waals surface area contributed by atoms with Gasteiger partial charge in [-0.1, -0.05) is 42.5 Å². The summed E-state index contributed by atoms with van der Waals surface area (Å²) in [6.45, 7) is 2.51.